The largest absolute Gasteiger partial charge is 0.301 e. The summed E-state index contributed by atoms with van der Waals surface area (Å²) in [6, 6.07) is 9.74. The van der Waals surface area contributed by atoms with Crippen LogP contribution >= 0.6 is 23.1 Å². The van der Waals surface area contributed by atoms with Gasteiger partial charge in [0.1, 0.15) is 5.82 Å². The first-order chi connectivity index (χ1) is 12.5. The third-order valence-electron chi connectivity index (χ3n) is 3.50. The van der Waals surface area contributed by atoms with Crippen LogP contribution in [-0.4, -0.2) is 37.2 Å². The van der Waals surface area contributed by atoms with E-state index < -0.39 is 0 Å². The predicted octanol–water partition coefficient (Wildman–Crippen LogP) is 3.27. The molecule has 0 aliphatic rings. The fourth-order valence-corrected chi connectivity index (χ4v) is 4.05. The van der Waals surface area contributed by atoms with Crippen LogP contribution in [0.15, 0.2) is 35.5 Å². The minimum Gasteiger partial charge on any atom is -0.301 e. The number of carbonyl (C=O) groups is 2. The second-order valence-corrected chi connectivity index (χ2v) is 7.47. The van der Waals surface area contributed by atoms with Crippen molar-refractivity contribution in [1.82, 2.24) is 19.7 Å². The lowest BCUT2D eigenvalue weighted by atomic mass is 10.3. The monoisotopic (exact) mass is 387 g/mol. The van der Waals surface area contributed by atoms with Gasteiger partial charge in [-0.15, -0.1) is 10.2 Å². The fraction of sp³-hybridized carbons (Fsp3) is 0.235. The van der Waals surface area contributed by atoms with Crippen LogP contribution in [0.1, 0.15) is 28.1 Å². The molecule has 134 valence electrons. The number of thioether (sulfide) groups is 1. The molecule has 0 saturated heterocycles. The normalized spacial score (nSPS) is 10.7. The molecule has 0 atom stereocenters. The van der Waals surface area contributed by atoms with Gasteiger partial charge < -0.3 is 5.32 Å². The smallest absolute Gasteiger partial charge is 0.236 e. The van der Waals surface area contributed by atoms with Crippen molar-refractivity contribution in [3.63, 3.8) is 0 Å². The highest BCUT2D eigenvalue weighted by Crippen LogP contribution is 2.24. The number of nitrogens with one attached hydrogen (secondary N) is 1. The summed E-state index contributed by atoms with van der Waals surface area (Å²) in [4.78, 5) is 28.5. The Morgan fingerprint density at radius 1 is 1.19 bits per heavy atom. The van der Waals surface area contributed by atoms with Crippen molar-refractivity contribution < 1.29 is 9.59 Å². The molecule has 1 N–H and O–H groups in total. The summed E-state index contributed by atoms with van der Waals surface area (Å²) < 4.78 is 1.90. The summed E-state index contributed by atoms with van der Waals surface area (Å²) >= 11 is 2.48. The summed E-state index contributed by atoms with van der Waals surface area (Å²) in [6.07, 6.45) is 0. The Kier molecular flexibility index (Phi) is 5.48. The van der Waals surface area contributed by atoms with E-state index in [1.165, 1.54) is 30.0 Å². The molecule has 0 radical (unpaired) electrons. The maximum atomic E-state index is 12.2. The third-order valence-corrected chi connectivity index (χ3v) is 5.61. The third kappa shape index (κ3) is 4.00. The lowest BCUT2D eigenvalue weighted by Gasteiger charge is -2.07. The molecule has 0 fully saturated rings. The molecule has 0 aliphatic heterocycles. The Morgan fingerprint density at radius 2 is 1.92 bits per heavy atom. The van der Waals surface area contributed by atoms with Crippen molar-refractivity contribution in [3.05, 3.63) is 46.7 Å². The van der Waals surface area contributed by atoms with Crippen LogP contribution in [0.4, 0.5) is 5.13 Å². The highest BCUT2D eigenvalue weighted by atomic mass is 32.2. The molecule has 1 amide bonds. The van der Waals surface area contributed by atoms with Gasteiger partial charge >= 0.3 is 0 Å². The summed E-state index contributed by atoms with van der Waals surface area (Å²) in [5.41, 5.74) is 1.57. The molecule has 0 aliphatic carbocycles. The first kappa shape index (κ1) is 18.3. The molecule has 2 aromatic heterocycles. The van der Waals surface area contributed by atoms with Gasteiger partial charge in [0.05, 0.1) is 16.3 Å². The second-order valence-electron chi connectivity index (χ2n) is 5.53. The van der Waals surface area contributed by atoms with Gasteiger partial charge in [-0.3, -0.25) is 14.2 Å². The molecule has 3 aromatic rings. The zero-order valence-corrected chi connectivity index (χ0v) is 16.1. The molecule has 0 bridgehead atoms. The van der Waals surface area contributed by atoms with Gasteiger partial charge in [0, 0.05) is 12.6 Å². The van der Waals surface area contributed by atoms with Crippen molar-refractivity contribution in [1.29, 1.82) is 0 Å². The number of hydrogen-bond donors (Lipinski definition) is 1. The van der Waals surface area contributed by atoms with Crippen LogP contribution in [0, 0.1) is 13.8 Å². The molecule has 1 aromatic carbocycles. The van der Waals surface area contributed by atoms with E-state index in [1.54, 1.807) is 6.92 Å². The number of para-hydroxylation sites is 1. The van der Waals surface area contributed by atoms with Gasteiger partial charge in [-0.1, -0.05) is 41.3 Å². The van der Waals surface area contributed by atoms with Gasteiger partial charge in [0.2, 0.25) is 5.91 Å². The fourth-order valence-electron chi connectivity index (χ4n) is 2.37. The summed E-state index contributed by atoms with van der Waals surface area (Å²) in [5.74, 6) is 0.653. The number of Topliss-reactive ketones (excluding diaryl/α,β-unsaturated/α-hetero) is 1. The molecular weight excluding hydrogens is 370 g/mol. The summed E-state index contributed by atoms with van der Waals surface area (Å²) in [6.45, 7) is 5.11. The number of benzene rings is 1. The summed E-state index contributed by atoms with van der Waals surface area (Å²) in [7, 11) is 0. The molecule has 0 saturated carbocycles. The quantitative estimate of drug-likeness (QED) is 0.516. The molecule has 0 spiro atoms. The van der Waals surface area contributed by atoms with E-state index in [2.05, 4.69) is 20.5 Å². The number of thiazole rings is 1. The van der Waals surface area contributed by atoms with Crippen LogP contribution in [0.25, 0.3) is 5.69 Å². The lowest BCUT2D eigenvalue weighted by Crippen LogP contribution is -2.14. The Morgan fingerprint density at radius 3 is 2.58 bits per heavy atom. The number of nitrogens with zero attached hydrogens (tertiary/aromatic N) is 4. The number of rotatable bonds is 6. The van der Waals surface area contributed by atoms with Gasteiger partial charge in [0.25, 0.3) is 0 Å². The standard InChI is InChI=1S/C17H17N5O2S2/c1-10-15(11(2)23)26-16(18-10)19-14(24)9-25-17-21-20-12(3)22(17)13-7-5-4-6-8-13/h4-8H,9H2,1-3H3,(H,18,19,24). The first-order valence-corrected chi connectivity index (χ1v) is 9.64. The van der Waals surface area contributed by atoms with E-state index >= 15 is 0 Å². The van der Waals surface area contributed by atoms with Crippen molar-refractivity contribution in [3.8, 4) is 5.69 Å². The predicted molar refractivity (Wildman–Crippen MR) is 102 cm³/mol. The van der Waals surface area contributed by atoms with Crippen LogP contribution in [0.3, 0.4) is 0 Å². The highest BCUT2D eigenvalue weighted by molar-refractivity contribution is 7.99. The molecule has 26 heavy (non-hydrogen) atoms. The Bertz CT molecular complexity index is 949. The Hall–Kier alpha value is -2.52. The molecule has 2 heterocycles. The van der Waals surface area contributed by atoms with Crippen LogP contribution < -0.4 is 5.32 Å². The van der Waals surface area contributed by atoms with Crippen molar-refractivity contribution in [2.24, 2.45) is 0 Å². The minimum absolute atomic E-state index is 0.0543. The topological polar surface area (TPSA) is 89.8 Å². The van der Waals surface area contributed by atoms with E-state index in [0.717, 1.165) is 11.5 Å². The lowest BCUT2D eigenvalue weighted by molar-refractivity contribution is -0.113. The van der Waals surface area contributed by atoms with Crippen LogP contribution in [0.2, 0.25) is 0 Å². The molecule has 9 heteroatoms. The van der Waals surface area contributed by atoms with Crippen molar-refractivity contribution in [2.45, 2.75) is 25.9 Å². The second kappa shape index (κ2) is 7.79. The van der Waals surface area contributed by atoms with E-state index in [9.17, 15) is 9.59 Å². The Balaban J connectivity index is 1.67. The Labute approximate surface area is 158 Å². The number of aryl methyl sites for hydroxylation is 2. The van der Waals surface area contributed by atoms with E-state index in [4.69, 9.17) is 0 Å². The minimum atomic E-state index is -0.209. The summed E-state index contributed by atoms with van der Waals surface area (Å²) in [5, 5.41) is 12.1. The number of carbonyl (C=O) groups excluding carboxylic acids is 2. The zero-order valence-electron chi connectivity index (χ0n) is 14.5. The van der Waals surface area contributed by atoms with Crippen LogP contribution in [-0.2, 0) is 4.79 Å². The molecular formula is C17H17N5O2S2. The molecule has 0 unspecified atom stereocenters. The SMILES string of the molecule is CC(=O)c1sc(NC(=O)CSc2nnc(C)n2-c2ccccc2)nc1C. The maximum Gasteiger partial charge on any atom is 0.236 e. The highest BCUT2D eigenvalue weighted by Gasteiger charge is 2.16. The maximum absolute atomic E-state index is 12.2. The van der Waals surface area contributed by atoms with Gasteiger partial charge in [-0.25, -0.2) is 4.98 Å². The number of ketones is 1. The van der Waals surface area contributed by atoms with Gasteiger partial charge in [0.15, 0.2) is 16.1 Å². The van der Waals surface area contributed by atoms with E-state index in [1.807, 2.05) is 41.8 Å². The molecule has 3 rings (SSSR count). The molecule has 7 nitrogen and oxygen atoms in total. The average Bonchev–Trinajstić information content (AvgIpc) is 3.16. The number of aromatic nitrogens is 4. The van der Waals surface area contributed by atoms with E-state index in [0.29, 0.717) is 20.9 Å². The van der Waals surface area contributed by atoms with Crippen molar-refractivity contribution in [2.75, 3.05) is 11.1 Å². The number of hydrogen-bond acceptors (Lipinski definition) is 7. The van der Waals surface area contributed by atoms with E-state index in [-0.39, 0.29) is 17.4 Å². The van der Waals surface area contributed by atoms with Gasteiger partial charge in [-0.05, 0) is 26.0 Å². The number of amides is 1. The van der Waals surface area contributed by atoms with Gasteiger partial charge in [-0.2, -0.15) is 0 Å². The van der Waals surface area contributed by atoms with Crippen LogP contribution in [0.5, 0.6) is 0 Å². The average molecular weight is 387 g/mol. The zero-order chi connectivity index (χ0) is 18.7. The first-order valence-electron chi connectivity index (χ1n) is 7.84. The number of anilines is 1. The van der Waals surface area contributed by atoms with Crippen molar-refractivity contribution >= 4 is 39.9 Å².